The van der Waals surface area contributed by atoms with Gasteiger partial charge in [-0.25, -0.2) is 4.39 Å². The minimum absolute atomic E-state index is 0.0850. The van der Waals surface area contributed by atoms with E-state index in [0.29, 0.717) is 0 Å². The van der Waals surface area contributed by atoms with Crippen LogP contribution in [0.3, 0.4) is 0 Å². The van der Waals surface area contributed by atoms with Crippen LogP contribution in [-0.2, 0) is 9.59 Å². The third kappa shape index (κ3) is 4.70. The quantitative estimate of drug-likeness (QED) is 0.873. The third-order valence-corrected chi connectivity index (χ3v) is 2.94. The maximum Gasteiger partial charge on any atom is 0.308 e. The van der Waals surface area contributed by atoms with Gasteiger partial charge in [-0.2, -0.15) is 0 Å². The predicted octanol–water partition coefficient (Wildman–Crippen LogP) is 2.04. The van der Waals surface area contributed by atoms with Gasteiger partial charge in [-0.15, -0.1) is 0 Å². The molecule has 110 valence electrons. The fourth-order valence-corrected chi connectivity index (χ4v) is 1.58. The highest BCUT2D eigenvalue weighted by molar-refractivity contribution is 6.30. The van der Waals surface area contributed by atoms with Crippen molar-refractivity contribution in [3.8, 4) is 5.75 Å². The fraction of sp³-hybridized carbons (Fsp3) is 0.385. The zero-order chi connectivity index (χ0) is 15.3. The van der Waals surface area contributed by atoms with Gasteiger partial charge in [-0.3, -0.25) is 9.59 Å². The molecule has 5 nitrogen and oxygen atoms in total. The lowest BCUT2D eigenvalue weighted by Crippen LogP contribution is -2.36. The summed E-state index contributed by atoms with van der Waals surface area (Å²) in [6, 6.07) is 3.76. The Morgan fingerprint density at radius 2 is 2.15 bits per heavy atom. The minimum atomic E-state index is -0.976. The molecule has 0 radical (unpaired) electrons. The second-order valence-corrected chi connectivity index (χ2v) is 4.79. The van der Waals surface area contributed by atoms with Crippen molar-refractivity contribution >= 4 is 23.5 Å². The fourth-order valence-electron chi connectivity index (χ4n) is 1.41. The van der Waals surface area contributed by atoms with E-state index in [9.17, 15) is 14.0 Å². The van der Waals surface area contributed by atoms with Crippen LogP contribution in [-0.4, -0.2) is 42.1 Å². The average Bonchev–Trinajstić information content (AvgIpc) is 2.39. The van der Waals surface area contributed by atoms with Gasteiger partial charge >= 0.3 is 5.97 Å². The Morgan fingerprint density at radius 3 is 2.70 bits per heavy atom. The van der Waals surface area contributed by atoms with Crippen molar-refractivity contribution < 1.29 is 23.8 Å². The number of carboxylic acid groups (broad SMARTS) is 1. The van der Waals surface area contributed by atoms with Crippen LogP contribution < -0.4 is 4.74 Å². The molecule has 0 heterocycles. The van der Waals surface area contributed by atoms with Crippen LogP contribution in [0.15, 0.2) is 18.2 Å². The van der Waals surface area contributed by atoms with Crippen LogP contribution in [0.5, 0.6) is 5.75 Å². The molecule has 0 spiro atoms. The summed E-state index contributed by atoms with van der Waals surface area (Å²) >= 11 is 5.58. The molecule has 0 aromatic heterocycles. The first-order valence-corrected chi connectivity index (χ1v) is 6.23. The second-order valence-electron chi connectivity index (χ2n) is 4.38. The molecule has 1 aromatic rings. The number of rotatable bonds is 6. The Morgan fingerprint density at radius 1 is 1.50 bits per heavy atom. The highest BCUT2D eigenvalue weighted by atomic mass is 35.5. The summed E-state index contributed by atoms with van der Waals surface area (Å²) in [4.78, 5) is 23.7. The number of carboxylic acids is 1. The number of carbonyl (C=O) groups is 2. The van der Waals surface area contributed by atoms with Gasteiger partial charge in [0, 0.05) is 19.7 Å². The molecule has 0 fully saturated rings. The first kappa shape index (κ1) is 16.2. The van der Waals surface area contributed by atoms with Crippen LogP contribution in [0.4, 0.5) is 4.39 Å². The molecule has 20 heavy (non-hydrogen) atoms. The number of likely N-dealkylation sites (N-methyl/N-ethyl adjacent to an activating group) is 1. The van der Waals surface area contributed by atoms with E-state index in [2.05, 4.69) is 0 Å². The Balaban J connectivity index is 2.50. The summed E-state index contributed by atoms with van der Waals surface area (Å²) in [6.07, 6.45) is 0. The molecule has 0 aliphatic carbocycles. The number of halogens is 2. The molecule has 0 aliphatic heterocycles. The van der Waals surface area contributed by atoms with E-state index in [1.165, 1.54) is 31.0 Å². The van der Waals surface area contributed by atoms with Crippen molar-refractivity contribution in [2.24, 2.45) is 5.92 Å². The van der Waals surface area contributed by atoms with Crippen LogP contribution in [0, 0.1) is 11.7 Å². The van der Waals surface area contributed by atoms with Crippen molar-refractivity contribution in [3.05, 3.63) is 29.0 Å². The van der Waals surface area contributed by atoms with Gasteiger partial charge < -0.3 is 14.7 Å². The maximum absolute atomic E-state index is 12.9. The van der Waals surface area contributed by atoms with Gasteiger partial charge in [0.15, 0.2) is 6.61 Å². The van der Waals surface area contributed by atoms with Gasteiger partial charge in [0.1, 0.15) is 11.6 Å². The molecule has 7 heteroatoms. The maximum atomic E-state index is 12.9. The van der Waals surface area contributed by atoms with Crippen LogP contribution in [0.1, 0.15) is 6.92 Å². The molecule has 1 atom stereocenters. The van der Waals surface area contributed by atoms with Crippen LogP contribution in [0.2, 0.25) is 5.02 Å². The van der Waals surface area contributed by atoms with Gasteiger partial charge in [0.05, 0.1) is 10.9 Å². The molecule has 0 saturated carbocycles. The molecular formula is C13H15ClFNO4. The number of amides is 1. The molecule has 1 aromatic carbocycles. The molecule has 0 saturated heterocycles. The van der Waals surface area contributed by atoms with E-state index >= 15 is 0 Å². The number of carbonyl (C=O) groups excluding carboxylic acids is 1. The van der Waals surface area contributed by atoms with E-state index in [1.54, 1.807) is 0 Å². The molecule has 1 amide bonds. The highest BCUT2D eigenvalue weighted by Crippen LogP contribution is 2.21. The third-order valence-electron chi connectivity index (χ3n) is 2.65. The first-order valence-electron chi connectivity index (χ1n) is 5.86. The molecule has 0 bridgehead atoms. The molecular weight excluding hydrogens is 289 g/mol. The number of hydrogen-bond donors (Lipinski definition) is 1. The summed E-state index contributed by atoms with van der Waals surface area (Å²) in [6.45, 7) is 1.32. The van der Waals surface area contributed by atoms with E-state index in [0.717, 1.165) is 6.07 Å². The first-order chi connectivity index (χ1) is 9.31. The molecule has 1 rings (SSSR count). The van der Waals surface area contributed by atoms with Gasteiger partial charge in [-0.05, 0) is 12.1 Å². The molecule has 1 unspecified atom stereocenters. The Labute approximate surface area is 120 Å². The summed E-state index contributed by atoms with van der Waals surface area (Å²) in [7, 11) is 1.49. The van der Waals surface area contributed by atoms with Crippen molar-refractivity contribution in [1.29, 1.82) is 0 Å². The molecule has 0 aliphatic rings. The monoisotopic (exact) mass is 303 g/mol. The Hall–Kier alpha value is -1.82. The smallest absolute Gasteiger partial charge is 0.308 e. The predicted molar refractivity (Wildman–Crippen MR) is 71.3 cm³/mol. The van der Waals surface area contributed by atoms with Gasteiger partial charge in [-0.1, -0.05) is 18.5 Å². The lowest BCUT2D eigenvalue weighted by molar-refractivity contribution is -0.143. The molecule has 1 N–H and O–H groups in total. The Bertz CT molecular complexity index is 509. The van der Waals surface area contributed by atoms with Crippen molar-refractivity contribution in [2.75, 3.05) is 20.2 Å². The average molecular weight is 304 g/mol. The topological polar surface area (TPSA) is 66.8 Å². The van der Waals surface area contributed by atoms with Crippen molar-refractivity contribution in [2.45, 2.75) is 6.92 Å². The zero-order valence-corrected chi connectivity index (χ0v) is 11.9. The minimum Gasteiger partial charge on any atom is -0.484 e. The summed E-state index contributed by atoms with van der Waals surface area (Å²) in [5, 5.41) is 8.66. The normalized spacial score (nSPS) is 11.8. The standard InChI is InChI=1S/C13H15ClFNO4/c1-8(13(18)19)6-16(2)12(17)7-20-9-3-4-11(15)10(14)5-9/h3-5,8H,6-7H2,1-2H3,(H,18,19). The van der Waals surface area contributed by atoms with E-state index in [1.807, 2.05) is 0 Å². The highest BCUT2D eigenvalue weighted by Gasteiger charge is 2.17. The SMILES string of the molecule is CC(CN(C)C(=O)COc1ccc(F)c(Cl)c1)C(=O)O. The van der Waals surface area contributed by atoms with Crippen molar-refractivity contribution in [1.82, 2.24) is 4.90 Å². The summed E-state index contributed by atoms with van der Waals surface area (Å²) < 4.78 is 18.1. The van der Waals surface area contributed by atoms with E-state index in [4.69, 9.17) is 21.4 Å². The zero-order valence-electron chi connectivity index (χ0n) is 11.1. The summed E-state index contributed by atoms with van der Waals surface area (Å²) in [5.74, 6) is -2.32. The number of hydrogen-bond acceptors (Lipinski definition) is 3. The van der Waals surface area contributed by atoms with E-state index < -0.39 is 17.7 Å². The van der Waals surface area contributed by atoms with E-state index in [-0.39, 0.29) is 29.8 Å². The Kier molecular flexibility index (Phi) is 5.76. The summed E-state index contributed by atoms with van der Waals surface area (Å²) in [5.41, 5.74) is 0. The number of benzene rings is 1. The van der Waals surface area contributed by atoms with Crippen LogP contribution >= 0.6 is 11.6 Å². The number of aliphatic carboxylic acids is 1. The second kappa shape index (κ2) is 7.09. The number of ether oxygens (including phenoxy) is 1. The lowest BCUT2D eigenvalue weighted by Gasteiger charge is -2.19. The van der Waals surface area contributed by atoms with Gasteiger partial charge in [0.2, 0.25) is 0 Å². The lowest BCUT2D eigenvalue weighted by atomic mass is 10.2. The van der Waals surface area contributed by atoms with Crippen molar-refractivity contribution in [3.63, 3.8) is 0 Å². The number of nitrogens with zero attached hydrogens (tertiary/aromatic N) is 1. The van der Waals surface area contributed by atoms with Crippen LogP contribution in [0.25, 0.3) is 0 Å². The van der Waals surface area contributed by atoms with Gasteiger partial charge in [0.25, 0.3) is 5.91 Å². The largest absolute Gasteiger partial charge is 0.484 e.